The van der Waals surface area contributed by atoms with Crippen LogP contribution in [0.25, 0.3) is 0 Å². The van der Waals surface area contributed by atoms with Crippen LogP contribution in [-0.2, 0) is 22.0 Å². The fraction of sp³-hybridized carbons (Fsp3) is 0.571. The first kappa shape index (κ1) is 26.4. The third kappa shape index (κ3) is 5.37. The lowest BCUT2D eigenvalue weighted by atomic mass is 9.88. The van der Waals surface area contributed by atoms with Gasteiger partial charge in [0.05, 0.1) is 11.0 Å². The van der Waals surface area contributed by atoms with E-state index in [0.29, 0.717) is 17.4 Å². The summed E-state index contributed by atoms with van der Waals surface area (Å²) in [6.07, 6.45) is 2.28. The molecule has 2 amide bonds. The molecule has 0 bridgehead atoms. The molecule has 2 fully saturated rings. The summed E-state index contributed by atoms with van der Waals surface area (Å²) in [7, 11) is 0. The van der Waals surface area contributed by atoms with E-state index in [2.05, 4.69) is 71.9 Å². The Morgan fingerprint density at radius 3 is 2.14 bits per heavy atom. The topological polar surface area (TPSA) is 66.6 Å². The normalized spacial score (nSPS) is 20.9. The molecular formula is C28H38BrN3O2S. The number of aryl methyl sites for hydroxylation is 1. The van der Waals surface area contributed by atoms with E-state index in [0.717, 1.165) is 53.4 Å². The molecule has 2 atom stereocenters. The molecule has 0 spiro atoms. The van der Waals surface area contributed by atoms with Crippen molar-refractivity contribution >= 4 is 39.1 Å². The predicted octanol–water partition coefficient (Wildman–Crippen LogP) is 5.21. The van der Waals surface area contributed by atoms with E-state index in [-0.39, 0.29) is 17.2 Å². The highest BCUT2D eigenvalue weighted by Gasteiger charge is 2.44. The zero-order chi connectivity index (χ0) is 25.5. The summed E-state index contributed by atoms with van der Waals surface area (Å²) in [6.45, 7) is 14.9. The van der Waals surface area contributed by atoms with Crippen molar-refractivity contribution in [2.75, 3.05) is 32.7 Å². The molecule has 1 unspecified atom stereocenters. The van der Waals surface area contributed by atoms with E-state index in [1.54, 1.807) is 11.3 Å². The predicted molar refractivity (Wildman–Crippen MR) is 147 cm³/mol. The minimum absolute atomic E-state index is 0.0783. The summed E-state index contributed by atoms with van der Waals surface area (Å²) in [4.78, 5) is 32.5. The van der Waals surface area contributed by atoms with Crippen LogP contribution in [0.5, 0.6) is 0 Å². The van der Waals surface area contributed by atoms with Crippen molar-refractivity contribution in [3.63, 3.8) is 0 Å². The summed E-state index contributed by atoms with van der Waals surface area (Å²) in [5.74, 6) is 0.761. The lowest BCUT2D eigenvalue weighted by Crippen LogP contribution is -2.35. The van der Waals surface area contributed by atoms with Gasteiger partial charge in [-0.15, -0.1) is 11.3 Å². The highest BCUT2D eigenvalue weighted by atomic mass is 79.9. The summed E-state index contributed by atoms with van der Waals surface area (Å²) in [6, 6.07) is 10.7. The first-order valence-corrected chi connectivity index (χ1v) is 14.2. The van der Waals surface area contributed by atoms with Crippen LogP contribution in [0.2, 0.25) is 0 Å². The van der Waals surface area contributed by atoms with Crippen molar-refractivity contribution in [3.8, 4) is 0 Å². The number of likely N-dealkylation sites (tertiary alicyclic amines) is 2. The van der Waals surface area contributed by atoms with Crippen LogP contribution in [-0.4, -0.2) is 54.3 Å². The van der Waals surface area contributed by atoms with Gasteiger partial charge in [-0.2, -0.15) is 0 Å². The highest BCUT2D eigenvalue weighted by Crippen LogP contribution is 2.46. The average molecular weight is 561 g/mol. The third-order valence-electron chi connectivity index (χ3n) is 7.56. The Labute approximate surface area is 222 Å². The first-order chi connectivity index (χ1) is 16.4. The Hall–Kier alpha value is -1.70. The standard InChI is InChI=1S/C28H38BrN3O2S/c1-27(2,3)23-21(22(29)24(35-23)28(4,5)26(30)34)25(33)32-16-19-14-31(15-20(19)17-32)13-9-12-18-10-7-6-8-11-18/h6-8,10-11,19-20H,9,12-17H2,1-5H3,(H2,30,34)/t19-,20?/m0/s1. The zero-order valence-electron chi connectivity index (χ0n) is 21.6. The summed E-state index contributed by atoms with van der Waals surface area (Å²) in [5, 5.41) is 0. The average Bonchev–Trinajstić information content (AvgIpc) is 3.45. The molecule has 0 aliphatic carbocycles. The SMILES string of the molecule is CC(C)(C)c1sc(C(C)(C)C(N)=O)c(Br)c1C(=O)N1CC2CN(CCCc3ccccc3)C[C@H]2C1. The van der Waals surface area contributed by atoms with Gasteiger partial charge < -0.3 is 15.5 Å². The Morgan fingerprint density at radius 1 is 1.00 bits per heavy atom. The van der Waals surface area contributed by atoms with Gasteiger partial charge in [0.1, 0.15) is 0 Å². The van der Waals surface area contributed by atoms with Crippen molar-refractivity contribution < 1.29 is 9.59 Å². The molecule has 2 saturated heterocycles. The Bertz CT molecular complexity index is 1080. The Morgan fingerprint density at radius 2 is 1.60 bits per heavy atom. The maximum absolute atomic E-state index is 13.9. The van der Waals surface area contributed by atoms with Gasteiger partial charge in [-0.05, 0) is 72.0 Å². The number of amides is 2. The molecule has 0 saturated carbocycles. The number of hydrogen-bond donors (Lipinski definition) is 1. The maximum Gasteiger partial charge on any atom is 0.256 e. The van der Waals surface area contributed by atoms with Crippen molar-refractivity contribution in [2.24, 2.45) is 17.6 Å². The number of nitrogens with zero attached hydrogens (tertiary/aromatic N) is 2. The second kappa shape index (κ2) is 9.98. The molecular weight excluding hydrogens is 522 g/mol. The number of carbonyl (C=O) groups is 2. The molecule has 2 aliphatic rings. The van der Waals surface area contributed by atoms with Crippen LogP contribution in [0, 0.1) is 11.8 Å². The monoisotopic (exact) mass is 559 g/mol. The summed E-state index contributed by atoms with van der Waals surface area (Å²) in [5.41, 5.74) is 6.79. The van der Waals surface area contributed by atoms with Crippen molar-refractivity contribution in [1.82, 2.24) is 9.80 Å². The number of thiophene rings is 1. The number of carbonyl (C=O) groups excluding carboxylic acids is 2. The van der Waals surface area contributed by atoms with Crippen molar-refractivity contribution in [3.05, 3.63) is 55.7 Å². The molecule has 35 heavy (non-hydrogen) atoms. The van der Waals surface area contributed by atoms with E-state index in [1.807, 2.05) is 18.7 Å². The molecule has 2 aromatic rings. The van der Waals surface area contributed by atoms with Crippen molar-refractivity contribution in [1.29, 1.82) is 0 Å². The van der Waals surface area contributed by atoms with Crippen LogP contribution < -0.4 is 5.73 Å². The summed E-state index contributed by atoms with van der Waals surface area (Å²) >= 11 is 5.25. The van der Waals surface area contributed by atoms with Gasteiger partial charge >= 0.3 is 0 Å². The number of benzene rings is 1. The zero-order valence-corrected chi connectivity index (χ0v) is 24.0. The van der Waals surface area contributed by atoms with Gasteiger partial charge in [-0.25, -0.2) is 0 Å². The van der Waals surface area contributed by atoms with Gasteiger partial charge in [-0.3, -0.25) is 9.59 Å². The van der Waals surface area contributed by atoms with Gasteiger partial charge in [0, 0.05) is 40.4 Å². The summed E-state index contributed by atoms with van der Waals surface area (Å²) < 4.78 is 0.737. The first-order valence-electron chi connectivity index (χ1n) is 12.6. The number of rotatable bonds is 7. The minimum atomic E-state index is -0.843. The molecule has 5 nitrogen and oxygen atoms in total. The van der Waals surface area contributed by atoms with Crippen LogP contribution in [0.15, 0.2) is 34.8 Å². The molecule has 1 aromatic heterocycles. The van der Waals surface area contributed by atoms with Gasteiger partial charge in [-0.1, -0.05) is 51.1 Å². The van der Waals surface area contributed by atoms with Crippen LogP contribution >= 0.6 is 27.3 Å². The Balaban J connectivity index is 1.44. The maximum atomic E-state index is 13.9. The van der Waals surface area contributed by atoms with Gasteiger partial charge in [0.15, 0.2) is 0 Å². The number of hydrogen-bond acceptors (Lipinski definition) is 4. The van der Waals surface area contributed by atoms with Gasteiger partial charge in [0.2, 0.25) is 5.91 Å². The molecule has 2 N–H and O–H groups in total. The smallest absolute Gasteiger partial charge is 0.256 e. The fourth-order valence-electron chi connectivity index (χ4n) is 5.39. The second-order valence-electron chi connectivity index (χ2n) is 11.8. The van der Waals surface area contributed by atoms with Crippen LogP contribution in [0.1, 0.15) is 66.7 Å². The van der Waals surface area contributed by atoms with Gasteiger partial charge in [0.25, 0.3) is 5.91 Å². The second-order valence-corrected chi connectivity index (χ2v) is 13.6. The highest BCUT2D eigenvalue weighted by molar-refractivity contribution is 9.10. The van der Waals surface area contributed by atoms with Crippen molar-refractivity contribution in [2.45, 2.75) is 58.3 Å². The Kier molecular flexibility index (Phi) is 7.52. The molecule has 0 radical (unpaired) electrons. The lowest BCUT2D eigenvalue weighted by Gasteiger charge is -2.24. The van der Waals surface area contributed by atoms with E-state index in [4.69, 9.17) is 5.73 Å². The van der Waals surface area contributed by atoms with E-state index in [1.165, 1.54) is 12.0 Å². The molecule has 7 heteroatoms. The molecule has 4 rings (SSSR count). The fourth-order valence-corrected chi connectivity index (χ4v) is 7.98. The van der Waals surface area contributed by atoms with Crippen LogP contribution in [0.4, 0.5) is 0 Å². The molecule has 3 heterocycles. The molecule has 190 valence electrons. The largest absolute Gasteiger partial charge is 0.369 e. The van der Waals surface area contributed by atoms with Crippen LogP contribution in [0.3, 0.4) is 0 Å². The molecule has 1 aromatic carbocycles. The minimum Gasteiger partial charge on any atom is -0.369 e. The van der Waals surface area contributed by atoms with E-state index < -0.39 is 5.41 Å². The quantitative estimate of drug-likeness (QED) is 0.506. The van der Waals surface area contributed by atoms with E-state index in [9.17, 15) is 9.59 Å². The lowest BCUT2D eigenvalue weighted by molar-refractivity contribution is -0.122. The third-order valence-corrected chi connectivity index (χ3v) is 10.6. The van der Waals surface area contributed by atoms with E-state index >= 15 is 0 Å². The number of halogens is 1. The number of primary amides is 1. The number of nitrogens with two attached hydrogens (primary N) is 1. The number of fused-ring (bicyclic) bond motifs is 1. The molecule has 2 aliphatic heterocycles.